The van der Waals surface area contributed by atoms with Crippen LogP contribution in [0.3, 0.4) is 0 Å². The van der Waals surface area contributed by atoms with Crippen LogP contribution in [0.4, 0.5) is 17.6 Å². The molecule has 0 heterocycles. The van der Waals surface area contributed by atoms with Crippen LogP contribution in [-0.2, 0) is 5.41 Å². The van der Waals surface area contributed by atoms with Gasteiger partial charge in [-0.1, -0.05) is 48.5 Å². The molecular weight excluding hydrogens is 280 g/mol. The quantitative estimate of drug-likeness (QED) is 0.689. The summed E-state index contributed by atoms with van der Waals surface area (Å²) in [5.74, 6) is 0. The molecule has 2 aromatic carbocycles. The van der Waals surface area contributed by atoms with E-state index in [4.69, 9.17) is 0 Å². The first-order chi connectivity index (χ1) is 9.83. The van der Waals surface area contributed by atoms with Gasteiger partial charge in [-0.2, -0.15) is 13.2 Å². The molecule has 0 aromatic heterocycles. The molecule has 2 aromatic rings. The molecule has 4 heteroatoms. The smallest absolute Gasteiger partial charge is 0.249 e. The Hall–Kier alpha value is -1.84. The minimum absolute atomic E-state index is 0.0631. The summed E-state index contributed by atoms with van der Waals surface area (Å²) in [5, 5.41) is 0. The summed E-state index contributed by atoms with van der Waals surface area (Å²) >= 11 is 0. The summed E-state index contributed by atoms with van der Waals surface area (Å²) in [4.78, 5) is 0. The summed E-state index contributed by atoms with van der Waals surface area (Å²) in [6.07, 6.45) is -4.72. The molecule has 0 fully saturated rings. The molecule has 0 aliphatic rings. The Balaban J connectivity index is 2.74. The maximum atomic E-state index is 13.7. The molecule has 0 aliphatic heterocycles. The average molecular weight is 296 g/mol. The summed E-state index contributed by atoms with van der Waals surface area (Å²) in [6.45, 7) is 2.01. The maximum Gasteiger partial charge on any atom is 0.404 e. The van der Waals surface area contributed by atoms with E-state index in [0.29, 0.717) is 5.56 Å². The lowest BCUT2D eigenvalue weighted by molar-refractivity contribution is -0.182. The van der Waals surface area contributed by atoms with E-state index in [-0.39, 0.29) is 11.1 Å². The van der Waals surface area contributed by atoms with Crippen LogP contribution in [0.25, 0.3) is 0 Å². The van der Waals surface area contributed by atoms with E-state index in [1.165, 1.54) is 36.4 Å². The zero-order valence-electron chi connectivity index (χ0n) is 11.8. The predicted molar refractivity (Wildman–Crippen MR) is 75.2 cm³/mol. The molecule has 0 saturated heterocycles. The van der Waals surface area contributed by atoms with Crippen molar-refractivity contribution >= 4 is 0 Å². The van der Waals surface area contributed by atoms with Gasteiger partial charge in [0.2, 0.25) is 0 Å². The standard InChI is InChI=1S/C17H16F4/c1-12-8-9-15(10-13(12)2)16(11-18,17(19,20)21)14-6-4-3-5-7-14/h3-10H,11H2,1-2H3. The lowest BCUT2D eigenvalue weighted by Gasteiger charge is -2.34. The first-order valence-electron chi connectivity index (χ1n) is 6.59. The lowest BCUT2D eigenvalue weighted by atomic mass is 9.74. The molecule has 21 heavy (non-hydrogen) atoms. The number of halogens is 4. The third-order valence-corrected chi connectivity index (χ3v) is 3.95. The molecule has 0 spiro atoms. The van der Waals surface area contributed by atoms with Gasteiger partial charge in [0.25, 0.3) is 0 Å². The van der Waals surface area contributed by atoms with Crippen LogP contribution in [0.2, 0.25) is 0 Å². The number of rotatable bonds is 3. The minimum Gasteiger partial charge on any atom is -0.249 e. The van der Waals surface area contributed by atoms with E-state index >= 15 is 0 Å². The highest BCUT2D eigenvalue weighted by atomic mass is 19.4. The highest BCUT2D eigenvalue weighted by Gasteiger charge is 2.57. The number of aryl methyl sites for hydroxylation is 2. The van der Waals surface area contributed by atoms with Gasteiger partial charge in [-0.3, -0.25) is 0 Å². The first-order valence-corrected chi connectivity index (χ1v) is 6.59. The summed E-state index contributed by atoms with van der Waals surface area (Å²) in [6, 6.07) is 11.6. The van der Waals surface area contributed by atoms with Gasteiger partial charge >= 0.3 is 6.18 Å². The van der Waals surface area contributed by atoms with Crippen molar-refractivity contribution in [3.05, 3.63) is 70.8 Å². The highest BCUT2D eigenvalue weighted by Crippen LogP contribution is 2.47. The van der Waals surface area contributed by atoms with E-state index in [1.807, 2.05) is 6.92 Å². The van der Waals surface area contributed by atoms with Gasteiger partial charge in [-0.05, 0) is 36.1 Å². The average Bonchev–Trinajstić information content (AvgIpc) is 2.44. The Morgan fingerprint density at radius 1 is 0.810 bits per heavy atom. The van der Waals surface area contributed by atoms with Crippen LogP contribution in [0.5, 0.6) is 0 Å². The lowest BCUT2D eigenvalue weighted by Crippen LogP contribution is -2.45. The fourth-order valence-corrected chi connectivity index (χ4v) is 2.45. The molecule has 1 atom stereocenters. The fraction of sp³-hybridized carbons (Fsp3) is 0.294. The molecule has 1 unspecified atom stereocenters. The van der Waals surface area contributed by atoms with Gasteiger partial charge in [0.05, 0.1) is 0 Å². The largest absolute Gasteiger partial charge is 0.404 e. The molecule has 0 nitrogen and oxygen atoms in total. The molecule has 0 saturated carbocycles. The van der Waals surface area contributed by atoms with Crippen molar-refractivity contribution in [3.8, 4) is 0 Å². The first kappa shape index (κ1) is 15.5. The van der Waals surface area contributed by atoms with Gasteiger partial charge in [0, 0.05) is 0 Å². The second kappa shape index (κ2) is 5.51. The third-order valence-electron chi connectivity index (χ3n) is 3.95. The molecule has 112 valence electrons. The van der Waals surface area contributed by atoms with Crippen molar-refractivity contribution < 1.29 is 17.6 Å². The van der Waals surface area contributed by atoms with Crippen molar-refractivity contribution in [2.45, 2.75) is 25.4 Å². The zero-order chi connectivity index (χ0) is 15.7. The van der Waals surface area contributed by atoms with Gasteiger partial charge in [-0.15, -0.1) is 0 Å². The van der Waals surface area contributed by atoms with Crippen LogP contribution >= 0.6 is 0 Å². The van der Waals surface area contributed by atoms with Crippen molar-refractivity contribution in [3.63, 3.8) is 0 Å². The second-order valence-electron chi connectivity index (χ2n) is 5.20. The van der Waals surface area contributed by atoms with Gasteiger partial charge < -0.3 is 0 Å². The summed E-state index contributed by atoms with van der Waals surface area (Å²) < 4.78 is 54.9. The Labute approximate surface area is 121 Å². The van der Waals surface area contributed by atoms with E-state index < -0.39 is 18.3 Å². The van der Waals surface area contributed by atoms with E-state index in [1.54, 1.807) is 19.1 Å². The Bertz CT molecular complexity index is 616. The van der Waals surface area contributed by atoms with Crippen molar-refractivity contribution in [2.75, 3.05) is 6.67 Å². The Morgan fingerprint density at radius 2 is 1.43 bits per heavy atom. The molecule has 0 bridgehead atoms. The van der Waals surface area contributed by atoms with Gasteiger partial charge in [0.15, 0.2) is 0 Å². The third kappa shape index (κ3) is 2.55. The van der Waals surface area contributed by atoms with Crippen molar-refractivity contribution in [1.29, 1.82) is 0 Å². The van der Waals surface area contributed by atoms with Crippen molar-refractivity contribution in [2.24, 2.45) is 0 Å². The molecule has 2 rings (SSSR count). The van der Waals surface area contributed by atoms with E-state index in [2.05, 4.69) is 0 Å². The normalized spacial score (nSPS) is 14.8. The predicted octanol–water partition coefficient (Wildman–Crippen LogP) is 5.12. The fourth-order valence-electron chi connectivity index (χ4n) is 2.45. The van der Waals surface area contributed by atoms with Gasteiger partial charge in [-0.25, -0.2) is 4.39 Å². The monoisotopic (exact) mass is 296 g/mol. The Morgan fingerprint density at radius 3 is 1.90 bits per heavy atom. The molecule has 0 aliphatic carbocycles. The van der Waals surface area contributed by atoms with Crippen molar-refractivity contribution in [1.82, 2.24) is 0 Å². The number of alkyl halides is 4. The number of benzene rings is 2. The highest BCUT2D eigenvalue weighted by molar-refractivity contribution is 5.44. The Kier molecular flexibility index (Phi) is 4.08. The second-order valence-corrected chi connectivity index (χ2v) is 5.20. The van der Waals surface area contributed by atoms with Crippen LogP contribution < -0.4 is 0 Å². The topological polar surface area (TPSA) is 0 Å². The van der Waals surface area contributed by atoms with Crippen LogP contribution in [0.15, 0.2) is 48.5 Å². The SMILES string of the molecule is Cc1ccc(C(CF)(c2ccccc2)C(F)(F)F)cc1C. The summed E-state index contributed by atoms with van der Waals surface area (Å²) in [5.41, 5.74) is -1.17. The maximum absolute atomic E-state index is 13.7. The minimum atomic E-state index is -4.72. The van der Waals surface area contributed by atoms with Crippen LogP contribution in [0, 0.1) is 13.8 Å². The van der Waals surface area contributed by atoms with Gasteiger partial charge in [0.1, 0.15) is 12.1 Å². The van der Waals surface area contributed by atoms with E-state index in [0.717, 1.165) is 5.56 Å². The van der Waals surface area contributed by atoms with Crippen LogP contribution in [-0.4, -0.2) is 12.9 Å². The number of hydrogen-bond acceptors (Lipinski definition) is 0. The summed E-state index contributed by atoms with van der Waals surface area (Å²) in [7, 11) is 0. The molecule has 0 radical (unpaired) electrons. The zero-order valence-corrected chi connectivity index (χ0v) is 11.8. The molecule has 0 N–H and O–H groups in total. The molecular formula is C17H16F4. The van der Waals surface area contributed by atoms with Crippen LogP contribution in [0.1, 0.15) is 22.3 Å². The number of hydrogen-bond donors (Lipinski definition) is 0. The molecule has 0 amide bonds. The van der Waals surface area contributed by atoms with E-state index in [9.17, 15) is 17.6 Å².